The van der Waals surface area contributed by atoms with E-state index in [9.17, 15) is 19.5 Å². The first-order chi connectivity index (χ1) is 23.9. The molecule has 7 heteroatoms. The highest BCUT2D eigenvalue weighted by Gasteiger charge is 2.19. The Morgan fingerprint density at radius 3 is 1.69 bits per heavy atom. The minimum atomic E-state index is -1.02. The Morgan fingerprint density at radius 1 is 0.612 bits per heavy atom. The van der Waals surface area contributed by atoms with Gasteiger partial charge in [-0.25, -0.2) is 4.79 Å². The fourth-order valence-corrected chi connectivity index (χ4v) is 5.42. The Hall–Kier alpha value is -2.93. The van der Waals surface area contributed by atoms with Crippen LogP contribution < -0.4 is 11.1 Å². The van der Waals surface area contributed by atoms with E-state index in [1.165, 1.54) is 25.7 Å². The maximum Gasteiger partial charge on any atom is 0.326 e. The summed E-state index contributed by atoms with van der Waals surface area (Å²) < 4.78 is 5.90. The quantitative estimate of drug-likeness (QED) is 0.0353. The SMILES string of the molecule is CC/C=C\C/C=C\C/C=C\C/C=C\C/C=C\CCCCCCCC(=O)OC(CCCCCC)CCCCCC(=O)NC(CCCN)C(=O)O. The number of carboxylic acid groups (broad SMARTS) is 1. The number of carboxylic acids is 1. The van der Waals surface area contributed by atoms with Crippen molar-refractivity contribution in [3.05, 3.63) is 60.8 Å². The Labute approximate surface area is 300 Å². The molecule has 2 atom stereocenters. The van der Waals surface area contributed by atoms with E-state index in [4.69, 9.17) is 10.5 Å². The van der Waals surface area contributed by atoms with Crippen LogP contribution >= 0.6 is 0 Å². The molecule has 280 valence electrons. The maximum atomic E-state index is 12.6. The molecule has 0 aliphatic rings. The van der Waals surface area contributed by atoms with Crippen LogP contribution in [-0.4, -0.2) is 41.6 Å². The zero-order chi connectivity index (χ0) is 36.0. The Morgan fingerprint density at radius 2 is 1.12 bits per heavy atom. The molecule has 0 aromatic rings. The summed E-state index contributed by atoms with van der Waals surface area (Å²) in [7, 11) is 0. The number of carbonyl (C=O) groups excluding carboxylic acids is 2. The van der Waals surface area contributed by atoms with Gasteiger partial charge in [-0.15, -0.1) is 0 Å². The van der Waals surface area contributed by atoms with Crippen LogP contribution in [0.3, 0.4) is 0 Å². The molecule has 0 fully saturated rings. The first-order valence-electron chi connectivity index (χ1n) is 19.6. The van der Waals surface area contributed by atoms with Gasteiger partial charge in [0.2, 0.25) is 5.91 Å². The number of nitrogens with two attached hydrogens (primary N) is 1. The number of unbranched alkanes of at least 4 members (excludes halogenated alkanes) is 10. The van der Waals surface area contributed by atoms with Gasteiger partial charge in [-0.05, 0) is 103 Å². The standard InChI is InChI=1S/C42H72N2O5/c1-3-5-7-9-10-11-12-13-14-15-16-17-18-19-20-21-22-23-24-25-30-36-41(46)49-38(32-27-8-6-4-2)33-28-26-29-35-40(45)44-39(42(47)48)34-31-37-43/h5,7,10-11,13-14,16-17,19-20,38-39H,3-4,6,8-9,12,15,18,21-37,43H2,1-2H3,(H,44,45)(H,47,48)/b7-5-,11-10-,14-13-,17-16-,20-19-. The maximum absolute atomic E-state index is 12.6. The third-order valence-electron chi connectivity index (χ3n) is 8.35. The van der Waals surface area contributed by atoms with Gasteiger partial charge in [-0.1, -0.05) is 120 Å². The van der Waals surface area contributed by atoms with Crippen molar-refractivity contribution >= 4 is 17.8 Å². The molecule has 0 radical (unpaired) electrons. The Bertz CT molecular complexity index is 953. The molecule has 49 heavy (non-hydrogen) atoms. The number of ether oxygens (including phenoxy) is 1. The van der Waals surface area contributed by atoms with Crippen LogP contribution in [0.15, 0.2) is 60.8 Å². The van der Waals surface area contributed by atoms with E-state index in [0.717, 1.165) is 96.3 Å². The zero-order valence-corrected chi connectivity index (χ0v) is 31.3. The van der Waals surface area contributed by atoms with Gasteiger partial charge in [-0.3, -0.25) is 9.59 Å². The van der Waals surface area contributed by atoms with Crippen LogP contribution in [0.5, 0.6) is 0 Å². The summed E-state index contributed by atoms with van der Waals surface area (Å²) in [5.74, 6) is -1.34. The highest BCUT2D eigenvalue weighted by molar-refractivity contribution is 5.83. The van der Waals surface area contributed by atoms with E-state index in [-0.39, 0.29) is 18.0 Å². The van der Waals surface area contributed by atoms with E-state index < -0.39 is 12.0 Å². The van der Waals surface area contributed by atoms with Crippen LogP contribution in [0.4, 0.5) is 0 Å². The van der Waals surface area contributed by atoms with Crippen molar-refractivity contribution in [3.63, 3.8) is 0 Å². The normalized spacial score (nSPS) is 13.4. The first kappa shape index (κ1) is 46.1. The molecule has 4 N–H and O–H groups in total. The van der Waals surface area contributed by atoms with E-state index in [0.29, 0.717) is 38.6 Å². The largest absolute Gasteiger partial charge is 0.480 e. The summed E-state index contributed by atoms with van der Waals surface area (Å²) in [5.41, 5.74) is 5.47. The first-order valence-corrected chi connectivity index (χ1v) is 19.6. The van der Waals surface area contributed by atoms with Gasteiger partial charge in [-0.2, -0.15) is 0 Å². The van der Waals surface area contributed by atoms with E-state index in [2.05, 4.69) is 79.9 Å². The summed E-state index contributed by atoms with van der Waals surface area (Å²) in [6.45, 7) is 4.74. The second-order valence-corrected chi connectivity index (χ2v) is 13.0. The van der Waals surface area contributed by atoms with Crippen LogP contribution in [-0.2, 0) is 19.1 Å². The summed E-state index contributed by atoms with van der Waals surface area (Å²) in [5, 5.41) is 11.9. The lowest BCUT2D eigenvalue weighted by Gasteiger charge is -2.18. The van der Waals surface area contributed by atoms with Crippen molar-refractivity contribution in [3.8, 4) is 0 Å². The minimum absolute atomic E-state index is 0.0608. The second kappa shape index (κ2) is 36.4. The zero-order valence-electron chi connectivity index (χ0n) is 31.3. The fourth-order valence-electron chi connectivity index (χ4n) is 5.42. The van der Waals surface area contributed by atoms with E-state index >= 15 is 0 Å². The lowest BCUT2D eigenvalue weighted by molar-refractivity contribution is -0.150. The average molecular weight is 685 g/mol. The average Bonchev–Trinajstić information content (AvgIpc) is 3.08. The lowest BCUT2D eigenvalue weighted by atomic mass is 10.0. The van der Waals surface area contributed by atoms with Gasteiger partial charge in [0.25, 0.3) is 0 Å². The van der Waals surface area contributed by atoms with Gasteiger partial charge in [0.1, 0.15) is 12.1 Å². The fraction of sp³-hybridized carbons (Fsp3) is 0.690. The highest BCUT2D eigenvalue weighted by Crippen LogP contribution is 2.17. The number of rotatable bonds is 34. The van der Waals surface area contributed by atoms with Gasteiger partial charge in [0.15, 0.2) is 0 Å². The molecular formula is C42H72N2O5. The molecular weight excluding hydrogens is 612 g/mol. The van der Waals surface area contributed by atoms with Crippen molar-refractivity contribution in [1.29, 1.82) is 0 Å². The number of hydrogen-bond acceptors (Lipinski definition) is 5. The number of aliphatic carboxylic acids is 1. The van der Waals surface area contributed by atoms with Crippen LogP contribution in [0.2, 0.25) is 0 Å². The predicted octanol–water partition coefficient (Wildman–Crippen LogP) is 10.6. The van der Waals surface area contributed by atoms with Crippen LogP contribution in [0, 0.1) is 0 Å². The number of nitrogens with one attached hydrogen (secondary N) is 1. The summed E-state index contributed by atoms with van der Waals surface area (Å²) in [4.78, 5) is 36.1. The summed E-state index contributed by atoms with van der Waals surface area (Å²) >= 11 is 0. The van der Waals surface area contributed by atoms with Crippen LogP contribution in [0.25, 0.3) is 0 Å². The molecule has 7 nitrogen and oxygen atoms in total. The molecule has 0 spiro atoms. The smallest absolute Gasteiger partial charge is 0.326 e. The van der Waals surface area contributed by atoms with Crippen molar-refractivity contribution < 1.29 is 24.2 Å². The van der Waals surface area contributed by atoms with Crippen LogP contribution in [0.1, 0.15) is 168 Å². The molecule has 0 saturated carbocycles. The second-order valence-electron chi connectivity index (χ2n) is 13.0. The molecule has 0 rings (SSSR count). The molecule has 1 amide bonds. The number of carbonyl (C=O) groups is 3. The topological polar surface area (TPSA) is 119 Å². The number of allylic oxidation sites excluding steroid dienone is 10. The van der Waals surface area contributed by atoms with Crippen molar-refractivity contribution in [2.75, 3.05) is 6.54 Å². The number of amides is 1. The molecule has 0 saturated heterocycles. The molecule has 0 aliphatic heterocycles. The van der Waals surface area contributed by atoms with Gasteiger partial charge >= 0.3 is 11.9 Å². The van der Waals surface area contributed by atoms with Crippen molar-refractivity contribution in [2.45, 2.75) is 180 Å². The third-order valence-corrected chi connectivity index (χ3v) is 8.35. The predicted molar refractivity (Wildman–Crippen MR) is 206 cm³/mol. The number of esters is 1. The van der Waals surface area contributed by atoms with E-state index in [1.807, 2.05) is 0 Å². The molecule has 0 aromatic carbocycles. The van der Waals surface area contributed by atoms with Crippen molar-refractivity contribution in [1.82, 2.24) is 5.32 Å². The Kier molecular flexibility index (Phi) is 34.2. The molecule has 0 bridgehead atoms. The molecule has 0 heterocycles. The van der Waals surface area contributed by atoms with Gasteiger partial charge in [0, 0.05) is 12.8 Å². The van der Waals surface area contributed by atoms with Gasteiger partial charge in [0.05, 0.1) is 0 Å². The van der Waals surface area contributed by atoms with Gasteiger partial charge < -0.3 is 20.9 Å². The molecule has 0 aromatic heterocycles. The minimum Gasteiger partial charge on any atom is -0.480 e. The highest BCUT2D eigenvalue weighted by atomic mass is 16.5. The molecule has 2 unspecified atom stereocenters. The lowest BCUT2D eigenvalue weighted by Crippen LogP contribution is -2.40. The third kappa shape index (κ3) is 33.3. The summed E-state index contributed by atoms with van der Waals surface area (Å²) in [6.07, 6.45) is 44.3. The molecule has 0 aliphatic carbocycles. The number of hydrogen-bond donors (Lipinski definition) is 3. The summed E-state index contributed by atoms with van der Waals surface area (Å²) in [6, 6.07) is -0.877. The Balaban J connectivity index is 4.06. The van der Waals surface area contributed by atoms with E-state index in [1.54, 1.807) is 0 Å². The monoisotopic (exact) mass is 685 g/mol. The van der Waals surface area contributed by atoms with Crippen molar-refractivity contribution in [2.24, 2.45) is 5.73 Å².